The number of aliphatic hydroxyl groups excluding tert-OH is 2. The number of benzene rings is 1. The second-order valence-electron chi connectivity index (χ2n) is 4.78. The molecule has 1 atom stereocenters. The van der Waals surface area contributed by atoms with E-state index in [-0.39, 0.29) is 40.8 Å². The second-order valence-corrected chi connectivity index (χ2v) is 4.78. The van der Waals surface area contributed by atoms with Gasteiger partial charge in [0.1, 0.15) is 29.1 Å². The van der Waals surface area contributed by atoms with Gasteiger partial charge in [-0.1, -0.05) is 18.7 Å². The van der Waals surface area contributed by atoms with E-state index in [1.54, 1.807) is 12.1 Å². The van der Waals surface area contributed by atoms with Crippen molar-refractivity contribution in [3.05, 3.63) is 65.3 Å². The largest absolute Gasteiger partial charge is 0.511 e. The molecular weight excluding hydrogens is 272 g/mol. The fraction of sp³-hybridized carbons (Fsp3) is 0.188. The number of ether oxygens (including phenoxy) is 1. The molecule has 1 aliphatic heterocycles. The minimum absolute atomic E-state index is 0.0419. The van der Waals surface area contributed by atoms with E-state index in [0.717, 1.165) is 5.56 Å². The molecule has 0 radical (unpaired) electrons. The Morgan fingerprint density at radius 2 is 1.95 bits per heavy atom. The smallest absolute Gasteiger partial charge is 0.166 e. The average molecular weight is 288 g/mol. The molecule has 3 N–H and O–H groups in total. The number of carbonyl (C=O) groups is 1. The Morgan fingerprint density at radius 1 is 1.33 bits per heavy atom. The molecule has 2 rings (SSSR count). The van der Waals surface area contributed by atoms with Crippen LogP contribution >= 0.6 is 0 Å². The summed E-state index contributed by atoms with van der Waals surface area (Å²) in [6.45, 7) is 4.64. The zero-order valence-electron chi connectivity index (χ0n) is 11.5. The Balaban J connectivity index is 2.41. The summed E-state index contributed by atoms with van der Waals surface area (Å²) in [4.78, 5) is 11.6. The van der Waals surface area contributed by atoms with Gasteiger partial charge in [-0.2, -0.15) is 0 Å². The van der Waals surface area contributed by atoms with Crippen molar-refractivity contribution in [2.75, 3.05) is 0 Å². The molecule has 1 aromatic carbocycles. The van der Waals surface area contributed by atoms with Crippen molar-refractivity contribution >= 4 is 5.78 Å². The van der Waals surface area contributed by atoms with E-state index in [4.69, 9.17) is 4.74 Å². The van der Waals surface area contributed by atoms with Crippen LogP contribution in [0.5, 0.6) is 5.75 Å². The maximum Gasteiger partial charge on any atom is 0.166 e. The third kappa shape index (κ3) is 3.25. The van der Waals surface area contributed by atoms with Gasteiger partial charge in [0, 0.05) is 12.5 Å². The standard InChI is InChI=1S/C16H16O5/c1-9(17)7-15-16(10(2)18)13(20)8-14(21-15)11-3-5-12(19)6-4-11/h3-7,14,17,19-20H,1,8H2,2H3/b15-7+/t14-/m0/s1. The first kappa shape index (κ1) is 14.7. The van der Waals surface area contributed by atoms with E-state index in [0.29, 0.717) is 0 Å². The van der Waals surface area contributed by atoms with E-state index >= 15 is 0 Å². The molecule has 0 fully saturated rings. The van der Waals surface area contributed by atoms with Crippen molar-refractivity contribution in [1.29, 1.82) is 0 Å². The van der Waals surface area contributed by atoms with Gasteiger partial charge in [0.05, 0.1) is 5.57 Å². The minimum atomic E-state index is -0.515. The van der Waals surface area contributed by atoms with Crippen LogP contribution in [0.4, 0.5) is 0 Å². The summed E-state index contributed by atoms with van der Waals surface area (Å²) in [5.41, 5.74) is 0.775. The lowest BCUT2D eigenvalue weighted by Crippen LogP contribution is -2.18. The number of aromatic hydroxyl groups is 1. The molecule has 0 amide bonds. The van der Waals surface area contributed by atoms with Gasteiger partial charge in [-0.05, 0) is 24.6 Å². The highest BCUT2D eigenvalue weighted by atomic mass is 16.5. The van der Waals surface area contributed by atoms with Crippen LogP contribution < -0.4 is 0 Å². The molecule has 21 heavy (non-hydrogen) atoms. The molecule has 0 saturated carbocycles. The quantitative estimate of drug-likeness (QED) is 0.743. The summed E-state index contributed by atoms with van der Waals surface area (Å²) in [6, 6.07) is 6.34. The van der Waals surface area contributed by atoms with Gasteiger partial charge in [-0.25, -0.2) is 0 Å². The van der Waals surface area contributed by atoms with Crippen molar-refractivity contribution in [3.8, 4) is 5.75 Å². The molecule has 0 bridgehead atoms. The molecule has 5 heteroatoms. The molecule has 5 nitrogen and oxygen atoms in total. The zero-order chi connectivity index (χ0) is 15.6. The van der Waals surface area contributed by atoms with Gasteiger partial charge in [-0.15, -0.1) is 0 Å². The van der Waals surface area contributed by atoms with Crippen LogP contribution in [-0.2, 0) is 9.53 Å². The molecule has 110 valence electrons. The fourth-order valence-corrected chi connectivity index (χ4v) is 2.18. The lowest BCUT2D eigenvalue weighted by atomic mass is 9.97. The SMILES string of the molecule is C=C(O)/C=C1/O[C@H](c2ccc(O)cc2)CC(O)=C1C(C)=O. The Morgan fingerprint density at radius 3 is 2.48 bits per heavy atom. The van der Waals surface area contributed by atoms with Gasteiger partial charge in [0.15, 0.2) is 5.78 Å². The van der Waals surface area contributed by atoms with E-state index in [1.165, 1.54) is 25.1 Å². The van der Waals surface area contributed by atoms with Gasteiger partial charge < -0.3 is 20.1 Å². The van der Waals surface area contributed by atoms with Crippen LogP contribution in [0.25, 0.3) is 0 Å². The summed E-state index contributed by atoms with van der Waals surface area (Å²) in [5, 5.41) is 28.7. The van der Waals surface area contributed by atoms with Gasteiger partial charge in [0.2, 0.25) is 0 Å². The Hall–Kier alpha value is -2.69. The number of rotatable bonds is 3. The number of phenolic OH excluding ortho intramolecular Hbond substituents is 1. The number of hydrogen-bond donors (Lipinski definition) is 3. The zero-order valence-corrected chi connectivity index (χ0v) is 11.5. The summed E-state index contributed by atoms with van der Waals surface area (Å²) in [7, 11) is 0. The number of Topliss-reactive ketones (excluding diaryl/α,β-unsaturated/α-hetero) is 1. The monoisotopic (exact) mass is 288 g/mol. The summed E-state index contributed by atoms with van der Waals surface area (Å²) < 4.78 is 5.69. The first-order chi connectivity index (χ1) is 9.88. The molecule has 1 heterocycles. The Bertz CT molecular complexity index is 637. The Labute approximate surface area is 122 Å². The molecule has 0 aromatic heterocycles. The van der Waals surface area contributed by atoms with Crippen molar-refractivity contribution in [2.24, 2.45) is 0 Å². The Kier molecular flexibility index (Phi) is 4.03. The molecule has 0 unspecified atom stereocenters. The van der Waals surface area contributed by atoms with Crippen LogP contribution in [0.1, 0.15) is 25.0 Å². The number of hydrogen-bond acceptors (Lipinski definition) is 5. The summed E-state index contributed by atoms with van der Waals surface area (Å²) in [5.74, 6) is -0.526. The molecule has 1 aromatic rings. The predicted molar refractivity (Wildman–Crippen MR) is 76.7 cm³/mol. The number of carbonyl (C=O) groups excluding carboxylic acids is 1. The third-order valence-electron chi connectivity index (χ3n) is 3.10. The maximum atomic E-state index is 11.6. The second kappa shape index (κ2) is 5.75. The van der Waals surface area contributed by atoms with Crippen LogP contribution in [-0.4, -0.2) is 21.1 Å². The molecule has 0 aliphatic carbocycles. The molecular formula is C16H16O5. The van der Waals surface area contributed by atoms with Crippen LogP contribution in [0.15, 0.2) is 59.8 Å². The highest BCUT2D eigenvalue weighted by Gasteiger charge is 2.29. The maximum absolute atomic E-state index is 11.6. The van der Waals surface area contributed by atoms with E-state index in [9.17, 15) is 20.1 Å². The van der Waals surface area contributed by atoms with Gasteiger partial charge >= 0.3 is 0 Å². The fourth-order valence-electron chi connectivity index (χ4n) is 2.18. The van der Waals surface area contributed by atoms with Gasteiger partial charge in [0.25, 0.3) is 0 Å². The third-order valence-corrected chi connectivity index (χ3v) is 3.10. The number of allylic oxidation sites excluding steroid dienone is 2. The first-order valence-electron chi connectivity index (χ1n) is 6.37. The topological polar surface area (TPSA) is 87.0 Å². The van der Waals surface area contributed by atoms with Crippen LogP contribution in [0.2, 0.25) is 0 Å². The number of aliphatic hydroxyl groups is 2. The molecule has 0 saturated heterocycles. The van der Waals surface area contributed by atoms with Crippen molar-refractivity contribution < 1.29 is 24.9 Å². The average Bonchev–Trinajstić information content (AvgIpc) is 2.37. The van der Waals surface area contributed by atoms with Crippen molar-refractivity contribution in [1.82, 2.24) is 0 Å². The number of phenols is 1. The van der Waals surface area contributed by atoms with E-state index in [1.807, 2.05) is 0 Å². The lowest BCUT2D eigenvalue weighted by molar-refractivity contribution is -0.114. The number of ketones is 1. The normalized spacial score (nSPS) is 20.2. The van der Waals surface area contributed by atoms with Crippen LogP contribution in [0, 0.1) is 0 Å². The minimum Gasteiger partial charge on any atom is -0.511 e. The predicted octanol–water partition coefficient (Wildman–Crippen LogP) is 3.21. The van der Waals surface area contributed by atoms with Crippen molar-refractivity contribution in [2.45, 2.75) is 19.4 Å². The van der Waals surface area contributed by atoms with Gasteiger partial charge in [-0.3, -0.25) is 4.79 Å². The molecule has 0 spiro atoms. The summed E-state index contributed by atoms with van der Waals surface area (Å²) >= 11 is 0. The summed E-state index contributed by atoms with van der Waals surface area (Å²) in [6.07, 6.45) is 0.813. The van der Waals surface area contributed by atoms with Crippen LogP contribution in [0.3, 0.4) is 0 Å². The highest BCUT2D eigenvalue weighted by Crippen LogP contribution is 2.37. The van der Waals surface area contributed by atoms with Crippen molar-refractivity contribution in [3.63, 3.8) is 0 Å². The van der Waals surface area contributed by atoms with E-state index < -0.39 is 6.10 Å². The molecule has 1 aliphatic rings. The highest BCUT2D eigenvalue weighted by molar-refractivity contribution is 5.97. The lowest BCUT2D eigenvalue weighted by Gasteiger charge is -2.27. The first-order valence-corrected chi connectivity index (χ1v) is 6.37. The van der Waals surface area contributed by atoms with E-state index in [2.05, 4.69) is 6.58 Å².